The van der Waals surface area contributed by atoms with Crippen molar-refractivity contribution in [3.63, 3.8) is 0 Å². The van der Waals surface area contributed by atoms with Gasteiger partial charge in [-0.2, -0.15) is 0 Å². The molecule has 0 atom stereocenters. The predicted octanol–water partition coefficient (Wildman–Crippen LogP) is 4.51. The van der Waals surface area contributed by atoms with Crippen molar-refractivity contribution in [2.45, 2.75) is 6.42 Å². The first kappa shape index (κ1) is 17.3. The number of carboxylic acid groups (broad SMARTS) is 1. The fourth-order valence-electron chi connectivity index (χ4n) is 3.36. The van der Waals surface area contributed by atoms with Gasteiger partial charge in [0.25, 0.3) is 0 Å². The standard InChI is InChI=1S/C23H16ClNO2/c24-17-11-12-20-18(13-17)22(15-7-3-1-4-8-15)19(14-21(26)27)23(25-20)16-9-5-2-6-10-16/h1-13H,14H2,(H,26,27)/p-1. The number of benzene rings is 3. The summed E-state index contributed by atoms with van der Waals surface area (Å²) < 4.78 is 0. The lowest BCUT2D eigenvalue weighted by Crippen LogP contribution is -2.25. The topological polar surface area (TPSA) is 53.0 Å². The molecule has 0 radical (unpaired) electrons. The van der Waals surface area contributed by atoms with Crippen LogP contribution < -0.4 is 5.11 Å². The van der Waals surface area contributed by atoms with Crippen molar-refractivity contribution < 1.29 is 9.90 Å². The molecule has 27 heavy (non-hydrogen) atoms. The molecule has 0 N–H and O–H groups in total. The van der Waals surface area contributed by atoms with Gasteiger partial charge in [-0.3, -0.25) is 0 Å². The normalized spacial score (nSPS) is 10.9. The van der Waals surface area contributed by atoms with Gasteiger partial charge in [0.15, 0.2) is 0 Å². The van der Waals surface area contributed by atoms with Crippen molar-refractivity contribution in [3.05, 3.63) is 89.4 Å². The Morgan fingerprint density at radius 3 is 2.15 bits per heavy atom. The molecule has 4 heteroatoms. The number of fused-ring (bicyclic) bond motifs is 1. The minimum absolute atomic E-state index is 0.232. The SMILES string of the molecule is O=C([O-])Cc1c(-c2ccccc2)nc2ccc(Cl)cc2c1-c1ccccc1. The van der Waals surface area contributed by atoms with E-state index >= 15 is 0 Å². The molecule has 0 saturated heterocycles. The van der Waals surface area contributed by atoms with Crippen LogP contribution in [0.5, 0.6) is 0 Å². The highest BCUT2D eigenvalue weighted by molar-refractivity contribution is 6.31. The minimum atomic E-state index is -1.15. The van der Waals surface area contributed by atoms with Crippen molar-refractivity contribution in [1.29, 1.82) is 0 Å². The Bertz CT molecular complexity index is 1130. The van der Waals surface area contributed by atoms with Crippen LogP contribution in [0.4, 0.5) is 0 Å². The zero-order chi connectivity index (χ0) is 18.8. The lowest BCUT2D eigenvalue weighted by atomic mass is 9.90. The molecular weight excluding hydrogens is 358 g/mol. The Morgan fingerprint density at radius 2 is 1.52 bits per heavy atom. The number of aromatic nitrogens is 1. The van der Waals surface area contributed by atoms with E-state index in [2.05, 4.69) is 0 Å². The molecule has 0 bridgehead atoms. The van der Waals surface area contributed by atoms with Gasteiger partial charge in [0.1, 0.15) is 0 Å². The average Bonchev–Trinajstić information content (AvgIpc) is 2.68. The summed E-state index contributed by atoms with van der Waals surface area (Å²) >= 11 is 6.24. The Hall–Kier alpha value is -3.17. The molecule has 3 aromatic carbocycles. The van der Waals surface area contributed by atoms with Crippen LogP contribution in [0.1, 0.15) is 5.56 Å². The molecule has 4 aromatic rings. The number of hydrogen-bond acceptors (Lipinski definition) is 3. The molecule has 0 fully saturated rings. The molecule has 1 aromatic heterocycles. The van der Waals surface area contributed by atoms with Crippen molar-refractivity contribution in [1.82, 2.24) is 4.98 Å². The van der Waals surface area contributed by atoms with Crippen LogP contribution in [0.15, 0.2) is 78.9 Å². The van der Waals surface area contributed by atoms with Gasteiger partial charge in [0.05, 0.1) is 11.2 Å². The fraction of sp³-hybridized carbons (Fsp3) is 0.0435. The summed E-state index contributed by atoms with van der Waals surface area (Å²) in [6.45, 7) is 0. The first-order chi connectivity index (χ1) is 13.1. The van der Waals surface area contributed by atoms with Crippen LogP contribution >= 0.6 is 11.6 Å². The van der Waals surface area contributed by atoms with Gasteiger partial charge < -0.3 is 9.90 Å². The van der Waals surface area contributed by atoms with Crippen LogP contribution in [-0.2, 0) is 11.2 Å². The van der Waals surface area contributed by atoms with Gasteiger partial charge in [-0.05, 0) is 34.9 Å². The quantitative estimate of drug-likeness (QED) is 0.529. The zero-order valence-corrected chi connectivity index (χ0v) is 15.1. The summed E-state index contributed by atoms with van der Waals surface area (Å²) in [4.78, 5) is 16.3. The van der Waals surface area contributed by atoms with E-state index in [1.165, 1.54) is 0 Å². The Labute approximate surface area is 161 Å². The van der Waals surface area contributed by atoms with E-state index in [1.807, 2.05) is 72.8 Å². The molecule has 132 valence electrons. The summed E-state index contributed by atoms with van der Waals surface area (Å²) in [7, 11) is 0. The molecule has 0 spiro atoms. The van der Waals surface area contributed by atoms with E-state index in [4.69, 9.17) is 16.6 Å². The zero-order valence-electron chi connectivity index (χ0n) is 14.4. The molecule has 1 heterocycles. The molecule has 0 amide bonds. The summed E-state index contributed by atoms with van der Waals surface area (Å²) in [5.74, 6) is -1.15. The predicted molar refractivity (Wildman–Crippen MR) is 106 cm³/mol. The van der Waals surface area contributed by atoms with Crippen molar-refractivity contribution in [2.75, 3.05) is 0 Å². The third-order valence-electron chi connectivity index (χ3n) is 4.48. The molecule has 0 aliphatic heterocycles. The number of hydrogen-bond donors (Lipinski definition) is 0. The molecule has 0 unspecified atom stereocenters. The number of carboxylic acids is 1. The van der Waals surface area contributed by atoms with Crippen LogP contribution in [0.25, 0.3) is 33.3 Å². The number of carbonyl (C=O) groups excluding carboxylic acids is 1. The maximum atomic E-state index is 11.6. The van der Waals surface area contributed by atoms with Gasteiger partial charge in [0, 0.05) is 28.4 Å². The summed E-state index contributed by atoms with van der Waals surface area (Å²) in [5.41, 5.74) is 4.64. The van der Waals surface area contributed by atoms with E-state index in [-0.39, 0.29) is 6.42 Å². The molecule has 4 rings (SSSR count). The van der Waals surface area contributed by atoms with Crippen LogP contribution in [0.3, 0.4) is 0 Å². The maximum absolute atomic E-state index is 11.6. The highest BCUT2D eigenvalue weighted by Gasteiger charge is 2.18. The average molecular weight is 373 g/mol. The number of halogens is 1. The Morgan fingerprint density at radius 1 is 0.889 bits per heavy atom. The largest absolute Gasteiger partial charge is 0.550 e. The van der Waals surface area contributed by atoms with Crippen LogP contribution in [0, 0.1) is 0 Å². The summed E-state index contributed by atoms with van der Waals surface area (Å²) in [6.07, 6.45) is -0.232. The van der Waals surface area contributed by atoms with Gasteiger partial charge in [-0.1, -0.05) is 72.3 Å². The number of rotatable bonds is 4. The first-order valence-electron chi connectivity index (χ1n) is 8.56. The van der Waals surface area contributed by atoms with Crippen molar-refractivity contribution in [3.8, 4) is 22.4 Å². The molecule has 0 saturated carbocycles. The van der Waals surface area contributed by atoms with E-state index in [1.54, 1.807) is 6.07 Å². The monoisotopic (exact) mass is 372 g/mol. The fourth-order valence-corrected chi connectivity index (χ4v) is 3.53. The lowest BCUT2D eigenvalue weighted by molar-refractivity contribution is -0.304. The van der Waals surface area contributed by atoms with Gasteiger partial charge in [-0.15, -0.1) is 0 Å². The second-order valence-electron chi connectivity index (χ2n) is 6.26. The second-order valence-corrected chi connectivity index (χ2v) is 6.69. The van der Waals surface area contributed by atoms with Gasteiger partial charge in [0.2, 0.25) is 0 Å². The maximum Gasteiger partial charge on any atom is 0.0751 e. The third-order valence-corrected chi connectivity index (χ3v) is 4.71. The molecule has 0 aliphatic carbocycles. The molecule has 3 nitrogen and oxygen atoms in total. The van der Waals surface area contributed by atoms with Gasteiger partial charge >= 0.3 is 0 Å². The van der Waals surface area contributed by atoms with E-state index < -0.39 is 5.97 Å². The highest BCUT2D eigenvalue weighted by atomic mass is 35.5. The van der Waals surface area contributed by atoms with Crippen LogP contribution in [-0.4, -0.2) is 11.0 Å². The highest BCUT2D eigenvalue weighted by Crippen LogP contribution is 2.38. The molecule has 0 aliphatic rings. The molecular formula is C23H15ClNO2-. The van der Waals surface area contributed by atoms with Crippen molar-refractivity contribution >= 4 is 28.5 Å². The van der Waals surface area contributed by atoms with E-state index in [0.29, 0.717) is 16.3 Å². The Balaban J connectivity index is 2.15. The smallest absolute Gasteiger partial charge is 0.0751 e. The lowest BCUT2D eigenvalue weighted by Gasteiger charge is -2.18. The minimum Gasteiger partial charge on any atom is -0.550 e. The number of aliphatic carboxylic acids is 1. The second kappa shape index (κ2) is 7.22. The first-order valence-corrected chi connectivity index (χ1v) is 8.94. The summed E-state index contributed by atoms with van der Waals surface area (Å²) in [6, 6.07) is 24.8. The number of pyridine rings is 1. The number of nitrogens with zero attached hydrogens (tertiary/aromatic N) is 1. The third kappa shape index (κ3) is 3.42. The Kier molecular flexibility index (Phi) is 4.61. The number of carbonyl (C=O) groups is 1. The van der Waals surface area contributed by atoms with Crippen LogP contribution in [0.2, 0.25) is 5.02 Å². The van der Waals surface area contributed by atoms with Crippen molar-refractivity contribution in [2.24, 2.45) is 0 Å². The van der Waals surface area contributed by atoms with Gasteiger partial charge in [-0.25, -0.2) is 4.98 Å². The van der Waals surface area contributed by atoms with E-state index in [0.717, 1.165) is 27.6 Å². The van der Waals surface area contributed by atoms with E-state index in [9.17, 15) is 9.90 Å². The summed E-state index contributed by atoms with van der Waals surface area (Å²) in [5, 5.41) is 13.0.